The van der Waals surface area contributed by atoms with E-state index in [-0.39, 0.29) is 23.2 Å². The number of fused-ring (bicyclic) bond motifs is 2. The average molecular weight is 621 g/mol. The zero-order chi connectivity index (χ0) is 32.4. The van der Waals surface area contributed by atoms with E-state index in [0.717, 1.165) is 28.3 Å². The molecule has 234 valence electrons. The summed E-state index contributed by atoms with van der Waals surface area (Å²) >= 11 is 0. The summed E-state index contributed by atoms with van der Waals surface area (Å²) in [5.74, 6) is -1.71. The fraction of sp³-hybridized carbons (Fsp3) is 0.382. The van der Waals surface area contributed by atoms with E-state index < -0.39 is 27.5 Å². The molecule has 0 saturated carbocycles. The average Bonchev–Trinajstić information content (AvgIpc) is 3.26. The number of carboxylic acid groups (broad SMARTS) is 2. The largest absolute Gasteiger partial charge is 0.744 e. The SMILES string of the molecule is Cc1ccc2c(c1)C(C)(C)C(=CC=CC=CC1=[N+](CCCC(=O)O)c3ccc(S(=O)(=O)[O-])cc3C1(C)C)N2CCCC(=O)O. The van der Waals surface area contributed by atoms with E-state index in [1.165, 1.54) is 17.7 Å². The summed E-state index contributed by atoms with van der Waals surface area (Å²) in [7, 11) is -4.64. The van der Waals surface area contributed by atoms with Crippen molar-refractivity contribution in [3.8, 4) is 0 Å². The van der Waals surface area contributed by atoms with Crippen molar-refractivity contribution in [2.45, 2.75) is 76.0 Å². The standard InChI is InChI=1S/C34H40N2O7S/c1-23-15-17-27-25(21-23)33(2,3)29(35(27)19-9-13-31(37)38)11-7-6-8-12-30-34(4,5)26-22-24(44(41,42)43)16-18-28(26)36(30)20-10-14-32(39)40/h6-8,11-12,15-18,21-22H,9-10,13-14,19-20H2,1-5H3,(H2-,37,38,39,40,41,42,43). The Morgan fingerprint density at radius 1 is 0.909 bits per heavy atom. The van der Waals surface area contributed by atoms with Gasteiger partial charge in [-0.05, 0) is 57.0 Å². The molecule has 0 unspecified atom stereocenters. The maximum atomic E-state index is 11.8. The van der Waals surface area contributed by atoms with Crippen LogP contribution in [0.3, 0.4) is 0 Å². The Kier molecular flexibility index (Phi) is 9.37. The number of aliphatic carboxylic acids is 2. The van der Waals surface area contributed by atoms with Gasteiger partial charge in [0.15, 0.2) is 5.71 Å². The van der Waals surface area contributed by atoms with E-state index in [0.29, 0.717) is 31.5 Å². The lowest BCUT2D eigenvalue weighted by atomic mass is 9.81. The number of aryl methyl sites for hydroxylation is 1. The van der Waals surface area contributed by atoms with Gasteiger partial charge in [0.05, 0.1) is 16.7 Å². The molecule has 9 nitrogen and oxygen atoms in total. The Balaban J connectivity index is 1.66. The molecule has 2 aromatic carbocycles. The third-order valence-electron chi connectivity index (χ3n) is 8.47. The summed E-state index contributed by atoms with van der Waals surface area (Å²) in [5.41, 5.74) is 5.86. The summed E-state index contributed by atoms with van der Waals surface area (Å²) in [4.78, 5) is 24.3. The van der Waals surface area contributed by atoms with Gasteiger partial charge in [-0.3, -0.25) is 9.59 Å². The lowest BCUT2D eigenvalue weighted by molar-refractivity contribution is -0.438. The predicted molar refractivity (Wildman–Crippen MR) is 169 cm³/mol. The molecule has 0 radical (unpaired) electrons. The molecule has 0 aromatic heterocycles. The maximum absolute atomic E-state index is 11.8. The lowest BCUT2D eigenvalue weighted by Gasteiger charge is -2.26. The summed E-state index contributed by atoms with van der Waals surface area (Å²) in [6, 6.07) is 10.7. The summed E-state index contributed by atoms with van der Waals surface area (Å²) < 4.78 is 37.3. The Morgan fingerprint density at radius 2 is 1.59 bits per heavy atom. The molecule has 2 heterocycles. The van der Waals surface area contributed by atoms with Crippen molar-refractivity contribution in [3.05, 3.63) is 89.2 Å². The van der Waals surface area contributed by atoms with Crippen LogP contribution in [0.25, 0.3) is 0 Å². The number of carbonyl (C=O) groups is 2. The van der Waals surface area contributed by atoms with E-state index in [1.807, 2.05) is 42.7 Å². The van der Waals surface area contributed by atoms with Crippen LogP contribution in [-0.4, -0.2) is 58.5 Å². The minimum atomic E-state index is -4.64. The first-order valence-electron chi connectivity index (χ1n) is 14.7. The number of benzene rings is 2. The highest BCUT2D eigenvalue weighted by Crippen LogP contribution is 2.48. The molecule has 0 bridgehead atoms. The molecule has 4 rings (SSSR count). The first kappa shape index (κ1) is 32.9. The maximum Gasteiger partial charge on any atom is 0.303 e. The van der Waals surface area contributed by atoms with Crippen LogP contribution in [-0.2, 0) is 30.5 Å². The van der Waals surface area contributed by atoms with E-state index in [1.54, 1.807) is 6.07 Å². The van der Waals surface area contributed by atoms with Crippen LogP contribution in [0.1, 0.15) is 70.1 Å². The Labute approximate surface area is 259 Å². The predicted octanol–water partition coefficient (Wildman–Crippen LogP) is 5.80. The molecule has 0 fully saturated rings. The molecule has 10 heteroatoms. The van der Waals surface area contributed by atoms with Gasteiger partial charge < -0.3 is 19.7 Å². The minimum Gasteiger partial charge on any atom is -0.744 e. The quantitative estimate of drug-likeness (QED) is 0.173. The van der Waals surface area contributed by atoms with E-state index >= 15 is 0 Å². The second-order valence-electron chi connectivity index (χ2n) is 12.4. The van der Waals surface area contributed by atoms with Gasteiger partial charge >= 0.3 is 11.9 Å². The lowest BCUT2D eigenvalue weighted by Crippen LogP contribution is -2.28. The van der Waals surface area contributed by atoms with Gasteiger partial charge in [-0.1, -0.05) is 49.8 Å². The summed E-state index contributed by atoms with van der Waals surface area (Å²) in [5, 5.41) is 18.4. The molecule has 0 aliphatic carbocycles. The highest BCUT2D eigenvalue weighted by atomic mass is 32.2. The number of allylic oxidation sites excluding steroid dienone is 6. The molecular formula is C34H40N2O7S. The second-order valence-corrected chi connectivity index (χ2v) is 13.8. The molecule has 2 aliphatic rings. The molecule has 0 saturated heterocycles. The van der Waals surface area contributed by atoms with Crippen molar-refractivity contribution in [2.24, 2.45) is 0 Å². The van der Waals surface area contributed by atoms with E-state index in [9.17, 15) is 32.8 Å². The number of hydrogen-bond donors (Lipinski definition) is 2. The number of anilines is 1. The van der Waals surface area contributed by atoms with Gasteiger partial charge in [-0.15, -0.1) is 0 Å². The second kappa shape index (κ2) is 12.5. The van der Waals surface area contributed by atoms with Crippen molar-refractivity contribution in [3.63, 3.8) is 0 Å². The van der Waals surface area contributed by atoms with Crippen LogP contribution < -0.4 is 4.90 Å². The summed E-state index contributed by atoms with van der Waals surface area (Å²) in [6.45, 7) is 11.3. The van der Waals surface area contributed by atoms with Gasteiger partial charge in [-0.2, -0.15) is 4.58 Å². The zero-order valence-corrected chi connectivity index (χ0v) is 26.6. The van der Waals surface area contributed by atoms with Crippen molar-refractivity contribution in [1.29, 1.82) is 0 Å². The molecule has 2 aliphatic heterocycles. The van der Waals surface area contributed by atoms with Gasteiger partial charge in [0.1, 0.15) is 16.7 Å². The van der Waals surface area contributed by atoms with E-state index in [2.05, 4.69) is 49.9 Å². The van der Waals surface area contributed by atoms with Crippen LogP contribution in [0.4, 0.5) is 11.4 Å². The first-order chi connectivity index (χ1) is 20.5. The Bertz CT molecular complexity index is 1710. The fourth-order valence-corrected chi connectivity index (χ4v) is 6.71. The van der Waals surface area contributed by atoms with Gasteiger partial charge in [0.2, 0.25) is 5.69 Å². The molecule has 0 atom stereocenters. The fourth-order valence-electron chi connectivity index (χ4n) is 6.22. The minimum absolute atomic E-state index is 0.00951. The third kappa shape index (κ3) is 6.71. The smallest absolute Gasteiger partial charge is 0.303 e. The summed E-state index contributed by atoms with van der Waals surface area (Å²) in [6.07, 6.45) is 10.7. The van der Waals surface area contributed by atoms with Gasteiger partial charge in [0.25, 0.3) is 0 Å². The monoisotopic (exact) mass is 620 g/mol. The Hall–Kier alpha value is -4.02. The molecule has 2 N–H and O–H groups in total. The van der Waals surface area contributed by atoms with Crippen LogP contribution in [0.2, 0.25) is 0 Å². The topological polar surface area (TPSA) is 138 Å². The first-order valence-corrected chi connectivity index (χ1v) is 16.1. The van der Waals surface area contributed by atoms with Crippen molar-refractivity contribution in [2.75, 3.05) is 18.0 Å². The molecule has 2 aromatic rings. The highest BCUT2D eigenvalue weighted by Gasteiger charge is 2.44. The number of rotatable bonds is 12. The van der Waals surface area contributed by atoms with E-state index in [4.69, 9.17) is 0 Å². The van der Waals surface area contributed by atoms with Crippen molar-refractivity contribution in [1.82, 2.24) is 0 Å². The number of nitrogens with zero attached hydrogens (tertiary/aromatic N) is 2. The number of hydrogen-bond acceptors (Lipinski definition) is 6. The Morgan fingerprint density at radius 3 is 2.25 bits per heavy atom. The van der Waals surface area contributed by atoms with Crippen molar-refractivity contribution < 1.29 is 37.3 Å². The van der Waals surface area contributed by atoms with Crippen molar-refractivity contribution >= 4 is 39.1 Å². The zero-order valence-electron chi connectivity index (χ0n) is 25.8. The molecule has 44 heavy (non-hydrogen) atoms. The molecular weight excluding hydrogens is 580 g/mol. The van der Waals surface area contributed by atoms with Crippen LogP contribution in [0, 0.1) is 6.92 Å². The van der Waals surface area contributed by atoms with Crippen LogP contribution in [0.5, 0.6) is 0 Å². The number of carboxylic acids is 2. The van der Waals surface area contributed by atoms with Crippen LogP contribution >= 0.6 is 0 Å². The van der Waals surface area contributed by atoms with Gasteiger partial charge in [-0.25, -0.2) is 8.42 Å². The highest BCUT2D eigenvalue weighted by molar-refractivity contribution is 7.85. The molecule has 0 spiro atoms. The van der Waals surface area contributed by atoms with Gasteiger partial charge in [0, 0.05) is 53.9 Å². The third-order valence-corrected chi connectivity index (χ3v) is 9.31. The van der Waals surface area contributed by atoms with Crippen LogP contribution in [0.15, 0.2) is 77.4 Å². The normalized spacial score (nSPS) is 18.0. The molecule has 0 amide bonds.